The molecular formula is C20H17N5OS. The fourth-order valence-corrected chi connectivity index (χ4v) is 3.97. The van der Waals surface area contributed by atoms with Gasteiger partial charge in [-0.15, -0.1) is 11.3 Å². The monoisotopic (exact) mass is 375 g/mol. The topological polar surface area (TPSA) is 83.3 Å². The van der Waals surface area contributed by atoms with E-state index < -0.39 is 0 Å². The van der Waals surface area contributed by atoms with Gasteiger partial charge >= 0.3 is 0 Å². The maximum atomic E-state index is 9.23. The Balaban J connectivity index is 1.67. The Morgan fingerprint density at radius 3 is 2.78 bits per heavy atom. The molecule has 0 aliphatic heterocycles. The molecule has 0 saturated heterocycles. The minimum Gasteiger partial charge on any atom is -0.392 e. The van der Waals surface area contributed by atoms with E-state index in [1.54, 1.807) is 36.3 Å². The fraction of sp³-hybridized carbons (Fsp3) is 0.100. The quantitative estimate of drug-likeness (QED) is 0.407. The third-order valence-corrected chi connectivity index (χ3v) is 5.51. The predicted octanol–water partition coefficient (Wildman–Crippen LogP) is 4.00. The second-order valence-electron chi connectivity index (χ2n) is 5.97. The third-order valence-electron chi connectivity index (χ3n) is 4.17. The molecule has 6 nitrogen and oxygen atoms in total. The zero-order valence-corrected chi connectivity index (χ0v) is 15.4. The Hall–Kier alpha value is -3.16. The highest BCUT2D eigenvalue weighted by Crippen LogP contribution is 2.39. The molecule has 0 bridgehead atoms. The number of pyridine rings is 1. The summed E-state index contributed by atoms with van der Waals surface area (Å²) in [6, 6.07) is 11.7. The van der Waals surface area contributed by atoms with Crippen molar-refractivity contribution in [3.05, 3.63) is 71.8 Å². The van der Waals surface area contributed by atoms with Crippen LogP contribution < -0.4 is 5.43 Å². The van der Waals surface area contributed by atoms with Crippen molar-refractivity contribution >= 4 is 33.6 Å². The number of benzene rings is 1. The summed E-state index contributed by atoms with van der Waals surface area (Å²) in [6.45, 7) is 2.10. The van der Waals surface area contributed by atoms with Crippen LogP contribution in [0.2, 0.25) is 0 Å². The van der Waals surface area contributed by atoms with Crippen LogP contribution in [0.1, 0.15) is 16.7 Å². The van der Waals surface area contributed by atoms with E-state index in [0.29, 0.717) is 5.82 Å². The molecule has 3 heterocycles. The van der Waals surface area contributed by atoms with Gasteiger partial charge in [-0.2, -0.15) is 5.10 Å². The van der Waals surface area contributed by atoms with Gasteiger partial charge in [0, 0.05) is 22.8 Å². The minimum absolute atomic E-state index is 0.0418. The van der Waals surface area contributed by atoms with Crippen molar-refractivity contribution in [1.29, 1.82) is 0 Å². The summed E-state index contributed by atoms with van der Waals surface area (Å²) >= 11 is 1.63. The van der Waals surface area contributed by atoms with Gasteiger partial charge in [0.2, 0.25) is 0 Å². The Morgan fingerprint density at radius 2 is 2.04 bits per heavy atom. The van der Waals surface area contributed by atoms with Gasteiger partial charge in [0.25, 0.3) is 0 Å². The summed E-state index contributed by atoms with van der Waals surface area (Å²) in [4.78, 5) is 14.0. The van der Waals surface area contributed by atoms with Crippen molar-refractivity contribution < 1.29 is 5.11 Å². The molecule has 0 spiro atoms. The normalized spacial score (nSPS) is 11.3. The second-order valence-corrected chi connectivity index (χ2v) is 6.99. The van der Waals surface area contributed by atoms with Crippen molar-refractivity contribution in [1.82, 2.24) is 15.0 Å². The van der Waals surface area contributed by atoms with E-state index in [1.807, 2.05) is 36.4 Å². The molecule has 4 rings (SSSR count). The number of hydrazone groups is 1. The highest BCUT2D eigenvalue weighted by molar-refractivity contribution is 7.23. The molecular weight excluding hydrogens is 358 g/mol. The minimum atomic E-state index is 0.0418. The van der Waals surface area contributed by atoms with Gasteiger partial charge in [0.05, 0.1) is 23.0 Å². The number of nitrogens with zero attached hydrogens (tertiary/aromatic N) is 4. The number of aliphatic hydroxyl groups is 1. The van der Waals surface area contributed by atoms with E-state index in [2.05, 4.69) is 32.4 Å². The average Bonchev–Trinajstić information content (AvgIpc) is 3.06. The number of thiophene rings is 1. The Labute approximate surface area is 160 Å². The number of hydrogen-bond donors (Lipinski definition) is 2. The number of fused-ring (bicyclic) bond motifs is 1. The molecule has 2 N–H and O–H groups in total. The van der Waals surface area contributed by atoms with Gasteiger partial charge in [-0.3, -0.25) is 10.4 Å². The first kappa shape index (κ1) is 17.3. The molecule has 7 heteroatoms. The predicted molar refractivity (Wildman–Crippen MR) is 109 cm³/mol. The number of aromatic nitrogens is 3. The summed E-state index contributed by atoms with van der Waals surface area (Å²) in [5, 5.41) is 13.5. The van der Waals surface area contributed by atoms with E-state index in [1.165, 1.54) is 0 Å². The van der Waals surface area contributed by atoms with Crippen LogP contribution in [0.4, 0.5) is 5.82 Å². The van der Waals surface area contributed by atoms with Gasteiger partial charge in [-0.1, -0.05) is 30.3 Å². The summed E-state index contributed by atoms with van der Waals surface area (Å²) in [5.74, 6) is 0.673. The lowest BCUT2D eigenvalue weighted by molar-refractivity contribution is 0.282. The zero-order chi connectivity index (χ0) is 18.6. The largest absolute Gasteiger partial charge is 0.392 e. The van der Waals surface area contributed by atoms with Crippen molar-refractivity contribution in [2.24, 2.45) is 5.10 Å². The lowest BCUT2D eigenvalue weighted by Crippen LogP contribution is -1.94. The number of aliphatic hydroxyl groups excluding tert-OH is 1. The van der Waals surface area contributed by atoms with Crippen LogP contribution in [0, 0.1) is 6.92 Å². The van der Waals surface area contributed by atoms with E-state index in [9.17, 15) is 5.11 Å². The maximum Gasteiger partial charge on any atom is 0.167 e. The number of nitrogens with one attached hydrogen (secondary N) is 1. The van der Waals surface area contributed by atoms with Crippen LogP contribution in [0.15, 0.2) is 60.2 Å². The molecule has 0 aliphatic rings. The van der Waals surface area contributed by atoms with Crippen molar-refractivity contribution in [3.63, 3.8) is 0 Å². The molecule has 27 heavy (non-hydrogen) atoms. The smallest absolute Gasteiger partial charge is 0.167 e. The van der Waals surface area contributed by atoms with Gasteiger partial charge < -0.3 is 5.11 Å². The molecule has 0 atom stereocenters. The van der Waals surface area contributed by atoms with E-state index in [-0.39, 0.29) is 6.61 Å². The number of aryl methyl sites for hydroxylation is 1. The molecule has 4 aromatic rings. The molecule has 1 aromatic carbocycles. The van der Waals surface area contributed by atoms with Crippen LogP contribution in [0.3, 0.4) is 0 Å². The molecule has 0 unspecified atom stereocenters. The molecule has 0 amide bonds. The van der Waals surface area contributed by atoms with Gasteiger partial charge in [-0.05, 0) is 29.7 Å². The molecule has 3 aromatic heterocycles. The second kappa shape index (κ2) is 7.61. The number of hydrogen-bond acceptors (Lipinski definition) is 7. The van der Waals surface area contributed by atoms with Crippen molar-refractivity contribution in [2.75, 3.05) is 5.43 Å². The molecule has 0 aliphatic carbocycles. The maximum absolute atomic E-state index is 9.23. The summed E-state index contributed by atoms with van der Waals surface area (Å²) in [6.07, 6.45) is 6.71. The zero-order valence-electron chi connectivity index (χ0n) is 14.6. The summed E-state index contributed by atoms with van der Waals surface area (Å²) in [5.41, 5.74) is 7.92. The highest BCUT2D eigenvalue weighted by atomic mass is 32.1. The van der Waals surface area contributed by atoms with Gasteiger partial charge in [0.15, 0.2) is 5.82 Å². The molecule has 0 radical (unpaired) electrons. The first-order valence-corrected chi connectivity index (χ1v) is 9.21. The van der Waals surface area contributed by atoms with Crippen LogP contribution in [-0.4, -0.2) is 26.3 Å². The summed E-state index contributed by atoms with van der Waals surface area (Å²) < 4.78 is 0.958. The Morgan fingerprint density at radius 1 is 1.19 bits per heavy atom. The van der Waals surface area contributed by atoms with Crippen molar-refractivity contribution in [3.8, 4) is 10.4 Å². The van der Waals surface area contributed by atoms with Crippen molar-refractivity contribution in [2.45, 2.75) is 13.5 Å². The Bertz CT molecular complexity index is 1090. The first-order valence-electron chi connectivity index (χ1n) is 8.39. The van der Waals surface area contributed by atoms with Gasteiger partial charge in [-0.25, -0.2) is 9.97 Å². The van der Waals surface area contributed by atoms with Gasteiger partial charge in [0.1, 0.15) is 6.33 Å². The van der Waals surface area contributed by atoms with E-state index in [0.717, 1.165) is 37.3 Å². The summed E-state index contributed by atoms with van der Waals surface area (Å²) in [7, 11) is 0. The highest BCUT2D eigenvalue weighted by Gasteiger charge is 2.15. The number of rotatable bonds is 5. The Kier molecular flexibility index (Phi) is 4.86. The first-order chi connectivity index (χ1) is 13.3. The number of anilines is 1. The molecule has 0 saturated carbocycles. The van der Waals surface area contributed by atoms with Crippen LogP contribution in [0.5, 0.6) is 0 Å². The van der Waals surface area contributed by atoms with Crippen LogP contribution in [-0.2, 0) is 6.61 Å². The van der Waals surface area contributed by atoms with Crippen LogP contribution >= 0.6 is 11.3 Å². The third kappa shape index (κ3) is 3.55. The standard InChI is InChI=1S/C20H17N5OS/c1-13-17-19(27-18(13)16-6-4-14(11-26)5-7-16)20(23-12-22-17)25-24-10-15-3-2-8-21-9-15/h2-10,12,26H,11H2,1H3,(H,22,23,25)/b24-10+. The molecule has 0 fully saturated rings. The average molecular weight is 375 g/mol. The van der Waals surface area contributed by atoms with E-state index >= 15 is 0 Å². The van der Waals surface area contributed by atoms with Crippen LogP contribution in [0.25, 0.3) is 20.7 Å². The molecule has 134 valence electrons. The lowest BCUT2D eigenvalue weighted by Gasteiger charge is -2.01. The van der Waals surface area contributed by atoms with E-state index in [4.69, 9.17) is 0 Å². The lowest BCUT2D eigenvalue weighted by atomic mass is 10.1. The SMILES string of the molecule is Cc1c(-c2ccc(CO)cc2)sc2c(N/N=C/c3cccnc3)ncnc12. The fourth-order valence-electron chi connectivity index (χ4n) is 2.76.